The summed E-state index contributed by atoms with van der Waals surface area (Å²) in [5, 5.41) is 17.3. The van der Waals surface area contributed by atoms with E-state index in [0.717, 1.165) is 21.1 Å². The van der Waals surface area contributed by atoms with Gasteiger partial charge in [-0.3, -0.25) is 4.79 Å². The molecule has 0 atom stereocenters. The molecule has 1 N–H and O–H groups in total. The lowest BCUT2D eigenvalue weighted by molar-refractivity contribution is 0.103. The van der Waals surface area contributed by atoms with Gasteiger partial charge in [0.1, 0.15) is 9.88 Å². The van der Waals surface area contributed by atoms with Gasteiger partial charge in [-0.2, -0.15) is 0 Å². The highest BCUT2D eigenvalue weighted by molar-refractivity contribution is 7.22. The van der Waals surface area contributed by atoms with Crippen LogP contribution < -0.4 is 5.32 Å². The Morgan fingerprint density at radius 1 is 1.23 bits per heavy atom. The molecule has 0 radical (unpaired) electrons. The molecule has 0 bridgehead atoms. The summed E-state index contributed by atoms with van der Waals surface area (Å²) < 4.78 is 1.58. The fourth-order valence-corrected chi connectivity index (χ4v) is 4.27. The monoisotopic (exact) mass is 382 g/mol. The van der Waals surface area contributed by atoms with Crippen molar-refractivity contribution in [3.63, 3.8) is 0 Å². The number of aromatic nitrogens is 5. The number of nitrogens with one attached hydrogen (secondary N) is 1. The van der Waals surface area contributed by atoms with Crippen molar-refractivity contribution in [1.29, 1.82) is 0 Å². The van der Waals surface area contributed by atoms with Crippen LogP contribution in [0.3, 0.4) is 0 Å². The molecule has 9 heteroatoms. The minimum absolute atomic E-state index is 0.170. The highest BCUT2D eigenvalue weighted by atomic mass is 32.1. The fraction of sp³-hybridized carbons (Fsp3) is 0.118. The number of amides is 1. The molecular formula is C17H14N6OS2. The number of carbonyl (C=O) groups is 1. The second-order valence-electron chi connectivity index (χ2n) is 5.57. The summed E-state index contributed by atoms with van der Waals surface area (Å²) in [7, 11) is 1.77. The van der Waals surface area contributed by atoms with Crippen LogP contribution in [0.1, 0.15) is 15.4 Å². The molecule has 3 aromatic heterocycles. The van der Waals surface area contributed by atoms with E-state index in [9.17, 15) is 4.79 Å². The van der Waals surface area contributed by atoms with Gasteiger partial charge in [-0.25, -0.2) is 9.67 Å². The molecule has 0 unspecified atom stereocenters. The molecule has 3 heterocycles. The molecule has 7 nitrogen and oxygen atoms in total. The number of carbonyl (C=O) groups excluding carboxylic acids is 1. The van der Waals surface area contributed by atoms with Crippen molar-refractivity contribution in [2.75, 3.05) is 5.32 Å². The normalized spacial score (nSPS) is 10.8. The number of rotatable bonds is 4. The molecule has 0 aliphatic carbocycles. The van der Waals surface area contributed by atoms with Crippen LogP contribution in [0.2, 0.25) is 0 Å². The molecular weight excluding hydrogens is 368 g/mol. The fourth-order valence-electron chi connectivity index (χ4n) is 2.51. The van der Waals surface area contributed by atoms with Crippen LogP contribution >= 0.6 is 22.7 Å². The second kappa shape index (κ2) is 6.77. The Kier molecular flexibility index (Phi) is 4.31. The molecule has 4 rings (SSSR count). The van der Waals surface area contributed by atoms with Crippen molar-refractivity contribution in [2.45, 2.75) is 6.92 Å². The highest BCUT2D eigenvalue weighted by Gasteiger charge is 2.17. The van der Waals surface area contributed by atoms with E-state index in [4.69, 9.17) is 0 Å². The van der Waals surface area contributed by atoms with Gasteiger partial charge in [-0.15, -0.1) is 27.8 Å². The SMILES string of the molecule is Cc1nc(-c2cccs2)sc1C(=O)Nc1cccc(-c2nnnn2C)c1. The number of tetrazole rings is 1. The number of hydrogen-bond acceptors (Lipinski definition) is 7. The Labute approximate surface area is 157 Å². The van der Waals surface area contributed by atoms with Gasteiger partial charge in [0.25, 0.3) is 5.91 Å². The third-order valence-corrected chi connectivity index (χ3v) is 5.93. The summed E-state index contributed by atoms with van der Waals surface area (Å²) in [6.45, 7) is 1.85. The Hall–Kier alpha value is -2.91. The molecule has 1 amide bonds. The van der Waals surface area contributed by atoms with Gasteiger partial charge in [0, 0.05) is 18.3 Å². The molecule has 0 saturated heterocycles. The van der Waals surface area contributed by atoms with Crippen molar-refractivity contribution < 1.29 is 4.79 Å². The number of nitrogens with zero attached hydrogens (tertiary/aromatic N) is 5. The number of thiazole rings is 1. The number of thiophene rings is 1. The number of anilines is 1. The predicted octanol–water partition coefficient (Wildman–Crippen LogP) is 3.62. The number of aryl methyl sites for hydroxylation is 2. The summed E-state index contributed by atoms with van der Waals surface area (Å²) in [6, 6.07) is 11.4. The van der Waals surface area contributed by atoms with Gasteiger partial charge in [-0.05, 0) is 40.9 Å². The number of hydrogen-bond donors (Lipinski definition) is 1. The molecule has 0 fully saturated rings. The molecule has 0 spiro atoms. The van der Waals surface area contributed by atoms with Crippen LogP contribution in [0.25, 0.3) is 21.3 Å². The van der Waals surface area contributed by atoms with Crippen molar-refractivity contribution in [3.8, 4) is 21.3 Å². The molecule has 1 aromatic carbocycles. The summed E-state index contributed by atoms with van der Waals surface area (Å²) in [5.41, 5.74) is 2.24. The van der Waals surface area contributed by atoms with Gasteiger partial charge in [0.15, 0.2) is 5.82 Å². The smallest absolute Gasteiger partial charge is 0.267 e. The molecule has 4 aromatic rings. The van der Waals surface area contributed by atoms with Gasteiger partial charge in [0.2, 0.25) is 0 Å². The summed E-state index contributed by atoms with van der Waals surface area (Å²) in [6.07, 6.45) is 0. The van der Waals surface area contributed by atoms with Gasteiger partial charge in [-0.1, -0.05) is 18.2 Å². The first-order valence-electron chi connectivity index (χ1n) is 7.77. The maximum Gasteiger partial charge on any atom is 0.267 e. The molecule has 130 valence electrons. The quantitative estimate of drug-likeness (QED) is 0.583. The van der Waals surface area contributed by atoms with E-state index in [1.807, 2.05) is 48.7 Å². The Morgan fingerprint density at radius 3 is 2.85 bits per heavy atom. The Morgan fingerprint density at radius 2 is 2.12 bits per heavy atom. The maximum absolute atomic E-state index is 12.7. The van der Waals surface area contributed by atoms with Crippen molar-refractivity contribution >= 4 is 34.3 Å². The standard InChI is InChI=1S/C17H14N6OS2/c1-10-14(26-17(18-10)13-7-4-8-25-13)16(24)19-12-6-3-5-11(9-12)15-20-21-22-23(15)2/h3-9H,1-2H3,(H,19,24). The van der Waals surface area contributed by atoms with E-state index in [1.54, 1.807) is 23.1 Å². The minimum atomic E-state index is -0.170. The highest BCUT2D eigenvalue weighted by Crippen LogP contribution is 2.31. The summed E-state index contributed by atoms with van der Waals surface area (Å²) in [4.78, 5) is 18.9. The molecule has 0 aliphatic heterocycles. The van der Waals surface area contributed by atoms with Crippen LogP contribution in [0.5, 0.6) is 0 Å². The van der Waals surface area contributed by atoms with E-state index in [-0.39, 0.29) is 5.91 Å². The first-order chi connectivity index (χ1) is 12.6. The second-order valence-corrected chi connectivity index (χ2v) is 7.52. The van der Waals surface area contributed by atoms with Crippen LogP contribution in [-0.4, -0.2) is 31.1 Å². The lowest BCUT2D eigenvalue weighted by atomic mass is 10.2. The first kappa shape index (κ1) is 16.6. The van der Waals surface area contributed by atoms with E-state index >= 15 is 0 Å². The molecule has 0 saturated carbocycles. The summed E-state index contributed by atoms with van der Waals surface area (Å²) in [5.74, 6) is 0.464. The van der Waals surface area contributed by atoms with Crippen LogP contribution in [-0.2, 0) is 7.05 Å². The maximum atomic E-state index is 12.7. The third-order valence-electron chi connectivity index (χ3n) is 3.73. The first-order valence-corrected chi connectivity index (χ1v) is 9.47. The molecule has 26 heavy (non-hydrogen) atoms. The van der Waals surface area contributed by atoms with Crippen molar-refractivity contribution in [3.05, 3.63) is 52.3 Å². The largest absolute Gasteiger partial charge is 0.321 e. The third kappa shape index (κ3) is 3.14. The predicted molar refractivity (Wildman–Crippen MR) is 102 cm³/mol. The van der Waals surface area contributed by atoms with Crippen LogP contribution in [0.15, 0.2) is 41.8 Å². The Balaban J connectivity index is 1.58. The zero-order valence-corrected chi connectivity index (χ0v) is 15.6. The number of benzene rings is 1. The van der Waals surface area contributed by atoms with Gasteiger partial charge < -0.3 is 5.32 Å². The minimum Gasteiger partial charge on any atom is -0.321 e. The Bertz CT molecular complexity index is 1070. The van der Waals surface area contributed by atoms with E-state index < -0.39 is 0 Å². The van der Waals surface area contributed by atoms with Crippen LogP contribution in [0, 0.1) is 6.92 Å². The topological polar surface area (TPSA) is 85.6 Å². The van der Waals surface area contributed by atoms with E-state index in [0.29, 0.717) is 16.4 Å². The average Bonchev–Trinajstić information content (AvgIpc) is 3.35. The zero-order valence-electron chi connectivity index (χ0n) is 14.0. The lowest BCUT2D eigenvalue weighted by Crippen LogP contribution is -2.11. The summed E-state index contributed by atoms with van der Waals surface area (Å²) >= 11 is 3.01. The molecule has 0 aliphatic rings. The van der Waals surface area contributed by atoms with E-state index in [2.05, 4.69) is 25.8 Å². The average molecular weight is 382 g/mol. The van der Waals surface area contributed by atoms with Gasteiger partial charge >= 0.3 is 0 Å². The van der Waals surface area contributed by atoms with Gasteiger partial charge in [0.05, 0.1) is 10.6 Å². The van der Waals surface area contributed by atoms with Crippen molar-refractivity contribution in [2.24, 2.45) is 7.05 Å². The lowest BCUT2D eigenvalue weighted by Gasteiger charge is -2.06. The van der Waals surface area contributed by atoms with Crippen molar-refractivity contribution in [1.82, 2.24) is 25.2 Å². The zero-order chi connectivity index (χ0) is 18.1. The van der Waals surface area contributed by atoms with Crippen LogP contribution in [0.4, 0.5) is 5.69 Å². The van der Waals surface area contributed by atoms with E-state index in [1.165, 1.54) is 11.3 Å².